The molecule has 0 aliphatic carbocycles. The maximum absolute atomic E-state index is 5.64. The molecule has 0 aromatic heterocycles. The summed E-state index contributed by atoms with van der Waals surface area (Å²) in [6.07, 6.45) is 2.92. The van der Waals surface area contributed by atoms with Crippen molar-refractivity contribution in [2.45, 2.75) is 44.2 Å². The van der Waals surface area contributed by atoms with Gasteiger partial charge in [-0.15, -0.1) is 11.8 Å². The highest BCUT2D eigenvalue weighted by molar-refractivity contribution is 7.99. The van der Waals surface area contributed by atoms with E-state index in [9.17, 15) is 0 Å². The highest BCUT2D eigenvalue weighted by Gasteiger charge is 2.15. The highest BCUT2D eigenvalue weighted by Crippen LogP contribution is 2.24. The van der Waals surface area contributed by atoms with Crippen molar-refractivity contribution in [2.75, 3.05) is 18.9 Å². The number of ether oxygens (including phenoxy) is 1. The summed E-state index contributed by atoms with van der Waals surface area (Å²) in [7, 11) is 0. The van der Waals surface area contributed by atoms with E-state index in [0.717, 1.165) is 25.4 Å². The van der Waals surface area contributed by atoms with Gasteiger partial charge >= 0.3 is 0 Å². The summed E-state index contributed by atoms with van der Waals surface area (Å²) < 4.78 is 5.64. The molecule has 106 valence electrons. The van der Waals surface area contributed by atoms with Crippen molar-refractivity contribution in [3.63, 3.8) is 0 Å². The highest BCUT2D eigenvalue weighted by atomic mass is 32.2. The molecule has 2 rings (SSSR count). The molecule has 1 N–H and O–H groups in total. The van der Waals surface area contributed by atoms with E-state index >= 15 is 0 Å². The van der Waals surface area contributed by atoms with E-state index in [-0.39, 0.29) is 0 Å². The minimum absolute atomic E-state index is 0.470. The number of nitrogens with one attached hydrogen (secondary N) is 1. The molecule has 1 saturated heterocycles. The monoisotopic (exact) mass is 279 g/mol. The molecule has 1 atom stereocenters. The maximum atomic E-state index is 5.64. The van der Waals surface area contributed by atoms with Gasteiger partial charge in [0.15, 0.2) is 0 Å². The minimum atomic E-state index is 0.470. The fraction of sp³-hybridized carbons (Fsp3) is 0.625. The molecular formula is C16H25NOS. The number of hydrogen-bond acceptors (Lipinski definition) is 3. The molecule has 1 aromatic carbocycles. The number of hydrogen-bond donors (Lipinski definition) is 1. The van der Waals surface area contributed by atoms with Crippen molar-refractivity contribution >= 4 is 11.8 Å². The van der Waals surface area contributed by atoms with Crippen molar-refractivity contribution in [3.8, 4) is 0 Å². The molecule has 1 aliphatic heterocycles. The first-order valence-electron chi connectivity index (χ1n) is 7.28. The first-order valence-corrected chi connectivity index (χ1v) is 8.26. The molecular weight excluding hydrogens is 254 g/mol. The molecule has 3 heteroatoms. The van der Waals surface area contributed by atoms with Crippen LogP contribution in [0.5, 0.6) is 0 Å². The van der Waals surface area contributed by atoms with Crippen molar-refractivity contribution in [1.82, 2.24) is 5.32 Å². The topological polar surface area (TPSA) is 21.3 Å². The summed E-state index contributed by atoms with van der Waals surface area (Å²) in [6.45, 7) is 7.46. The molecule has 2 nitrogen and oxygen atoms in total. The van der Waals surface area contributed by atoms with Gasteiger partial charge in [-0.2, -0.15) is 0 Å². The van der Waals surface area contributed by atoms with Gasteiger partial charge < -0.3 is 10.1 Å². The second kappa shape index (κ2) is 7.93. The van der Waals surface area contributed by atoms with Crippen LogP contribution in [0.1, 0.15) is 32.3 Å². The van der Waals surface area contributed by atoms with E-state index in [1.165, 1.54) is 23.3 Å². The van der Waals surface area contributed by atoms with Crippen LogP contribution >= 0.6 is 11.8 Å². The summed E-state index contributed by atoms with van der Waals surface area (Å²) in [5.74, 6) is 1.80. The lowest BCUT2D eigenvalue weighted by Crippen LogP contribution is -2.18. The Morgan fingerprint density at radius 1 is 1.32 bits per heavy atom. The van der Waals surface area contributed by atoms with Crippen LogP contribution in [0, 0.1) is 5.92 Å². The maximum Gasteiger partial charge on any atom is 0.0669 e. The van der Waals surface area contributed by atoms with E-state index in [1.54, 1.807) is 0 Å². The second-order valence-corrected chi connectivity index (χ2v) is 6.71. The molecule has 1 fully saturated rings. The Kier molecular flexibility index (Phi) is 6.21. The fourth-order valence-corrected chi connectivity index (χ4v) is 3.14. The minimum Gasteiger partial charge on any atom is -0.377 e. The average molecular weight is 279 g/mol. The van der Waals surface area contributed by atoms with Crippen LogP contribution in [0.2, 0.25) is 0 Å². The zero-order chi connectivity index (χ0) is 13.5. The quantitative estimate of drug-likeness (QED) is 0.769. The van der Waals surface area contributed by atoms with Gasteiger partial charge in [0, 0.05) is 23.8 Å². The van der Waals surface area contributed by atoms with Crippen molar-refractivity contribution < 1.29 is 4.74 Å². The number of thioether (sulfide) groups is 1. The van der Waals surface area contributed by atoms with Gasteiger partial charge in [-0.1, -0.05) is 26.0 Å². The summed E-state index contributed by atoms with van der Waals surface area (Å²) >= 11 is 1.91. The first-order chi connectivity index (χ1) is 9.24. The van der Waals surface area contributed by atoms with Crippen LogP contribution in [0.15, 0.2) is 29.2 Å². The summed E-state index contributed by atoms with van der Waals surface area (Å²) in [4.78, 5) is 1.35. The second-order valence-electron chi connectivity index (χ2n) is 5.61. The zero-order valence-electron chi connectivity index (χ0n) is 12.0. The lowest BCUT2D eigenvalue weighted by Gasteiger charge is -2.10. The predicted octanol–water partition coefficient (Wildman–Crippen LogP) is 3.70. The van der Waals surface area contributed by atoms with E-state index in [4.69, 9.17) is 4.74 Å². The third kappa shape index (κ3) is 5.55. The van der Waals surface area contributed by atoms with Crippen molar-refractivity contribution in [2.24, 2.45) is 5.92 Å². The van der Waals surface area contributed by atoms with Gasteiger partial charge in [-0.3, -0.25) is 0 Å². The molecule has 1 unspecified atom stereocenters. The third-order valence-corrected chi connectivity index (χ3v) is 4.41. The molecule has 1 aliphatic rings. The Morgan fingerprint density at radius 3 is 2.74 bits per heavy atom. The molecule has 0 radical (unpaired) electrons. The third-order valence-electron chi connectivity index (χ3n) is 3.26. The Morgan fingerprint density at radius 2 is 2.11 bits per heavy atom. The van der Waals surface area contributed by atoms with Crippen LogP contribution in [-0.4, -0.2) is 25.0 Å². The largest absolute Gasteiger partial charge is 0.377 e. The molecule has 0 bridgehead atoms. The van der Waals surface area contributed by atoms with Crippen LogP contribution < -0.4 is 5.32 Å². The summed E-state index contributed by atoms with van der Waals surface area (Å²) in [5, 5.41) is 3.47. The van der Waals surface area contributed by atoms with Gasteiger partial charge in [-0.05, 0) is 43.0 Å². The smallest absolute Gasteiger partial charge is 0.0669 e. The average Bonchev–Trinajstić information content (AvgIpc) is 2.90. The number of benzene rings is 1. The van der Waals surface area contributed by atoms with Gasteiger partial charge in [-0.25, -0.2) is 0 Å². The van der Waals surface area contributed by atoms with Crippen LogP contribution in [0.25, 0.3) is 0 Å². The molecule has 0 saturated carbocycles. The van der Waals surface area contributed by atoms with Gasteiger partial charge in [0.05, 0.1) is 6.10 Å². The Balaban J connectivity index is 1.71. The fourth-order valence-electron chi connectivity index (χ4n) is 2.17. The standard InChI is InChI=1S/C16H25NOS/c1-13(2)10-17-11-14-5-7-16(8-6-14)19-12-15-4-3-9-18-15/h5-8,13,15,17H,3-4,9-12H2,1-2H3. The predicted molar refractivity (Wildman–Crippen MR) is 82.7 cm³/mol. The zero-order valence-corrected chi connectivity index (χ0v) is 12.8. The lowest BCUT2D eigenvalue weighted by molar-refractivity contribution is 0.129. The molecule has 19 heavy (non-hydrogen) atoms. The van der Waals surface area contributed by atoms with E-state index in [2.05, 4.69) is 43.4 Å². The van der Waals surface area contributed by atoms with Crippen LogP contribution in [-0.2, 0) is 11.3 Å². The first kappa shape index (κ1) is 14.9. The number of rotatable bonds is 7. The van der Waals surface area contributed by atoms with Crippen molar-refractivity contribution in [3.05, 3.63) is 29.8 Å². The molecule has 0 amide bonds. The van der Waals surface area contributed by atoms with E-state index in [0.29, 0.717) is 12.0 Å². The van der Waals surface area contributed by atoms with Crippen molar-refractivity contribution in [1.29, 1.82) is 0 Å². The van der Waals surface area contributed by atoms with E-state index in [1.807, 2.05) is 11.8 Å². The summed E-state index contributed by atoms with van der Waals surface area (Å²) in [5.41, 5.74) is 1.36. The Hall–Kier alpha value is -0.510. The molecule has 1 aromatic rings. The van der Waals surface area contributed by atoms with Gasteiger partial charge in [0.1, 0.15) is 0 Å². The molecule has 1 heterocycles. The normalized spacial score (nSPS) is 19.2. The van der Waals surface area contributed by atoms with E-state index < -0.39 is 0 Å². The summed E-state index contributed by atoms with van der Waals surface area (Å²) in [6, 6.07) is 8.91. The van der Waals surface area contributed by atoms with Crippen LogP contribution in [0.3, 0.4) is 0 Å². The van der Waals surface area contributed by atoms with Gasteiger partial charge in [0.25, 0.3) is 0 Å². The SMILES string of the molecule is CC(C)CNCc1ccc(SCC2CCCO2)cc1. The van der Waals surface area contributed by atoms with Crippen LogP contribution in [0.4, 0.5) is 0 Å². The van der Waals surface area contributed by atoms with Gasteiger partial charge in [0.2, 0.25) is 0 Å². The Bertz CT molecular complexity index is 358. The molecule has 0 spiro atoms. The Labute approximate surface area is 121 Å². The lowest BCUT2D eigenvalue weighted by atomic mass is 10.2.